The molecule has 0 aromatic carbocycles. The smallest absolute Gasteiger partial charge is 0.355 e. The second kappa shape index (κ2) is 5.99. The topological polar surface area (TPSA) is 52.7 Å². The van der Waals surface area contributed by atoms with Gasteiger partial charge in [-0.3, -0.25) is 14.5 Å². The number of hydrogen-bond donors (Lipinski definition) is 1. The number of piperidine rings is 1. The highest BCUT2D eigenvalue weighted by molar-refractivity contribution is 5.83. The van der Waals surface area contributed by atoms with Gasteiger partial charge in [-0.1, -0.05) is 0 Å². The molecule has 2 saturated heterocycles. The molecule has 0 radical (unpaired) electrons. The van der Waals surface area contributed by atoms with E-state index >= 15 is 0 Å². The molecule has 2 heterocycles. The number of nitrogens with zero attached hydrogens (tertiary/aromatic N) is 2. The molecule has 1 atom stereocenters. The lowest BCUT2D eigenvalue weighted by molar-refractivity contribution is -0.167. The third-order valence-corrected chi connectivity index (χ3v) is 3.66. The van der Waals surface area contributed by atoms with Crippen molar-refractivity contribution in [3.05, 3.63) is 0 Å². The van der Waals surface area contributed by atoms with Gasteiger partial charge in [-0.2, -0.15) is 13.2 Å². The van der Waals surface area contributed by atoms with Crippen molar-refractivity contribution in [1.29, 1.82) is 0 Å². The molecule has 5 nitrogen and oxygen atoms in total. The first-order valence-corrected chi connectivity index (χ1v) is 6.73. The molecule has 0 aliphatic carbocycles. The number of halogens is 3. The van der Waals surface area contributed by atoms with Gasteiger partial charge >= 0.3 is 6.18 Å². The fraction of sp³-hybridized carbons (Fsp3) is 0.833. The molecule has 2 aliphatic rings. The zero-order valence-electron chi connectivity index (χ0n) is 11.1. The lowest BCUT2D eigenvalue weighted by Crippen LogP contribution is -2.55. The number of rotatable bonds is 2. The number of carbonyl (C=O) groups is 2. The van der Waals surface area contributed by atoms with Gasteiger partial charge in [0.1, 0.15) is 6.54 Å². The number of amides is 2. The molecule has 0 aromatic rings. The first-order valence-electron chi connectivity index (χ1n) is 6.73. The summed E-state index contributed by atoms with van der Waals surface area (Å²) in [7, 11) is 0. The summed E-state index contributed by atoms with van der Waals surface area (Å²) < 4.78 is 37.3. The van der Waals surface area contributed by atoms with Crippen LogP contribution >= 0.6 is 0 Å². The Kier molecular flexibility index (Phi) is 4.52. The average molecular weight is 293 g/mol. The van der Waals surface area contributed by atoms with Crippen LogP contribution in [0, 0.1) is 0 Å². The molecule has 8 heteroatoms. The quantitative estimate of drug-likeness (QED) is 0.800. The summed E-state index contributed by atoms with van der Waals surface area (Å²) in [6.45, 7) is 0.319. The number of hydrogen-bond acceptors (Lipinski definition) is 3. The van der Waals surface area contributed by atoms with Crippen LogP contribution in [0.5, 0.6) is 0 Å². The third kappa shape index (κ3) is 3.84. The monoisotopic (exact) mass is 293 g/mol. The van der Waals surface area contributed by atoms with E-state index in [0.717, 1.165) is 4.90 Å². The van der Waals surface area contributed by atoms with Crippen molar-refractivity contribution < 1.29 is 22.8 Å². The van der Waals surface area contributed by atoms with E-state index in [1.807, 2.05) is 4.90 Å². The molecule has 0 saturated carbocycles. The van der Waals surface area contributed by atoms with Crippen molar-refractivity contribution in [3.8, 4) is 0 Å². The number of nitrogens with one attached hydrogen (secondary N) is 1. The van der Waals surface area contributed by atoms with Gasteiger partial charge in [0, 0.05) is 32.6 Å². The molecular weight excluding hydrogens is 275 g/mol. The van der Waals surface area contributed by atoms with E-state index in [2.05, 4.69) is 5.32 Å². The van der Waals surface area contributed by atoms with E-state index in [1.165, 1.54) is 0 Å². The Morgan fingerprint density at radius 3 is 2.65 bits per heavy atom. The Hall–Kier alpha value is -1.31. The second-order valence-corrected chi connectivity index (χ2v) is 5.17. The highest BCUT2D eigenvalue weighted by Gasteiger charge is 2.39. The molecule has 114 valence electrons. The predicted octanol–water partition coefficient (Wildman–Crippen LogP) is 0.362. The molecule has 2 amide bonds. The van der Waals surface area contributed by atoms with Crippen LogP contribution in [-0.4, -0.2) is 66.6 Å². The Morgan fingerprint density at radius 1 is 1.20 bits per heavy atom. The molecule has 1 unspecified atom stereocenters. The van der Waals surface area contributed by atoms with Gasteiger partial charge in [-0.15, -0.1) is 0 Å². The summed E-state index contributed by atoms with van der Waals surface area (Å²) in [6, 6.07) is -0.529. The largest absolute Gasteiger partial charge is 0.406 e. The van der Waals surface area contributed by atoms with E-state index in [4.69, 9.17) is 0 Å². The minimum absolute atomic E-state index is 0.0806. The second-order valence-electron chi connectivity index (χ2n) is 5.17. The highest BCUT2D eigenvalue weighted by Crippen LogP contribution is 2.23. The minimum Gasteiger partial charge on any atom is -0.355 e. The zero-order valence-corrected chi connectivity index (χ0v) is 11.1. The van der Waals surface area contributed by atoms with E-state index in [1.54, 1.807) is 0 Å². The fourth-order valence-electron chi connectivity index (χ4n) is 2.73. The Morgan fingerprint density at radius 2 is 1.95 bits per heavy atom. The summed E-state index contributed by atoms with van der Waals surface area (Å²) in [5, 5.41) is 2.69. The van der Waals surface area contributed by atoms with Crippen molar-refractivity contribution >= 4 is 11.8 Å². The molecule has 2 aliphatic heterocycles. The Labute approximate surface area is 115 Å². The molecule has 20 heavy (non-hydrogen) atoms. The van der Waals surface area contributed by atoms with Gasteiger partial charge in [-0.25, -0.2) is 0 Å². The first kappa shape index (κ1) is 15.1. The van der Waals surface area contributed by atoms with Crippen molar-refractivity contribution in [2.75, 3.05) is 32.7 Å². The van der Waals surface area contributed by atoms with Crippen LogP contribution in [0.2, 0.25) is 0 Å². The van der Waals surface area contributed by atoms with E-state index in [9.17, 15) is 22.8 Å². The van der Waals surface area contributed by atoms with Crippen LogP contribution in [0.3, 0.4) is 0 Å². The lowest BCUT2D eigenvalue weighted by atomic mass is 10.0. The SMILES string of the molecule is O=C1CCN(C2CCCN(CC(F)(F)F)C2=O)CCN1. The summed E-state index contributed by atoms with van der Waals surface area (Å²) in [5.74, 6) is -0.550. The predicted molar refractivity (Wildman–Crippen MR) is 64.9 cm³/mol. The molecule has 2 fully saturated rings. The molecule has 0 aromatic heterocycles. The summed E-state index contributed by atoms with van der Waals surface area (Å²) in [4.78, 5) is 26.1. The Bertz CT molecular complexity index is 387. The van der Waals surface area contributed by atoms with Crippen molar-refractivity contribution in [2.45, 2.75) is 31.5 Å². The summed E-state index contributed by atoms with van der Waals surface area (Å²) >= 11 is 0. The molecule has 0 spiro atoms. The van der Waals surface area contributed by atoms with E-state index in [-0.39, 0.29) is 18.9 Å². The normalized spacial score (nSPS) is 26.4. The van der Waals surface area contributed by atoms with Gasteiger partial charge in [0.2, 0.25) is 11.8 Å². The van der Waals surface area contributed by atoms with Crippen molar-refractivity contribution in [1.82, 2.24) is 15.1 Å². The van der Waals surface area contributed by atoms with Gasteiger partial charge < -0.3 is 10.2 Å². The lowest BCUT2D eigenvalue weighted by Gasteiger charge is -2.38. The number of alkyl halides is 3. The van der Waals surface area contributed by atoms with Gasteiger partial charge in [-0.05, 0) is 12.8 Å². The number of likely N-dealkylation sites (tertiary alicyclic amines) is 1. The van der Waals surface area contributed by atoms with Crippen LogP contribution in [0.15, 0.2) is 0 Å². The molecule has 0 bridgehead atoms. The Balaban J connectivity index is 2.00. The van der Waals surface area contributed by atoms with Gasteiger partial charge in [0.25, 0.3) is 0 Å². The maximum atomic E-state index is 12.4. The fourth-order valence-corrected chi connectivity index (χ4v) is 2.73. The van der Waals surface area contributed by atoms with E-state index in [0.29, 0.717) is 32.5 Å². The summed E-state index contributed by atoms with van der Waals surface area (Å²) in [6.07, 6.45) is -2.97. The van der Waals surface area contributed by atoms with Crippen LogP contribution < -0.4 is 5.32 Å². The maximum Gasteiger partial charge on any atom is 0.406 e. The van der Waals surface area contributed by atoms with Crippen LogP contribution in [0.1, 0.15) is 19.3 Å². The third-order valence-electron chi connectivity index (χ3n) is 3.66. The highest BCUT2D eigenvalue weighted by atomic mass is 19.4. The number of carbonyl (C=O) groups excluding carboxylic acids is 2. The molecular formula is C12H18F3N3O2. The van der Waals surface area contributed by atoms with Crippen LogP contribution in [0.4, 0.5) is 13.2 Å². The van der Waals surface area contributed by atoms with E-state index < -0.39 is 24.7 Å². The van der Waals surface area contributed by atoms with Crippen LogP contribution in [0.25, 0.3) is 0 Å². The summed E-state index contributed by atoms with van der Waals surface area (Å²) in [5.41, 5.74) is 0. The van der Waals surface area contributed by atoms with Crippen LogP contribution in [-0.2, 0) is 9.59 Å². The van der Waals surface area contributed by atoms with Gasteiger partial charge in [0.05, 0.1) is 6.04 Å². The molecule has 1 N–H and O–H groups in total. The van der Waals surface area contributed by atoms with Crippen molar-refractivity contribution in [3.63, 3.8) is 0 Å². The van der Waals surface area contributed by atoms with Gasteiger partial charge in [0.15, 0.2) is 0 Å². The van der Waals surface area contributed by atoms with Crippen molar-refractivity contribution in [2.24, 2.45) is 0 Å². The maximum absolute atomic E-state index is 12.4. The minimum atomic E-state index is -4.37. The molecule has 2 rings (SSSR count). The first-order chi connectivity index (χ1) is 9.37. The average Bonchev–Trinajstić information content (AvgIpc) is 2.55. The zero-order chi connectivity index (χ0) is 14.8. The standard InChI is InChI=1S/C12H18F3N3O2/c13-12(14,15)8-18-5-1-2-9(11(18)20)17-6-3-10(19)16-4-7-17/h9H,1-8H2,(H,16,19).